The molecule has 0 unspecified atom stereocenters. The van der Waals surface area contributed by atoms with E-state index < -0.39 is 7.14 Å². The average molecular weight is 125 g/mol. The van der Waals surface area contributed by atoms with Crippen molar-refractivity contribution in [3.8, 4) is 0 Å². The lowest BCUT2D eigenvalue weighted by atomic mass is 11.9. The van der Waals surface area contributed by atoms with Crippen LogP contribution in [0.2, 0.25) is 0 Å². The van der Waals surface area contributed by atoms with Gasteiger partial charge in [0.05, 0.1) is 7.14 Å². The Morgan fingerprint density at radius 3 is 1.17 bits per heavy atom. The zero-order valence-corrected chi connectivity index (χ0v) is 6.48. The maximum absolute atomic E-state index is 10.2. The van der Waals surface area contributed by atoms with Crippen molar-refractivity contribution in [1.29, 1.82) is 0 Å². The molecule has 0 amide bonds. The quantitative estimate of drug-likeness (QED) is 0.449. The first-order valence-corrected chi connectivity index (χ1v) is 4.57. The predicted octanol–water partition coefficient (Wildman–Crippen LogP) is 1.56. The standard InChI is InChI=1S/C3H9OP.H2P/c1-5(2,3)4;/h1-3H3;1H2/q;-1. The third kappa shape index (κ3) is 143. The molecule has 3 heteroatoms. The van der Waals surface area contributed by atoms with Gasteiger partial charge >= 0.3 is 0 Å². The molecule has 0 spiro atoms. The van der Waals surface area contributed by atoms with Gasteiger partial charge in [0, 0.05) is 0 Å². The van der Waals surface area contributed by atoms with Crippen molar-refractivity contribution in [3.05, 3.63) is 0 Å². The van der Waals surface area contributed by atoms with Crippen molar-refractivity contribution >= 4 is 17.0 Å². The molecular formula is C3H11OP2-. The maximum Gasteiger partial charge on any atom is 0.0790 e. The van der Waals surface area contributed by atoms with E-state index in [-0.39, 0.29) is 9.90 Å². The van der Waals surface area contributed by atoms with Crippen LogP contribution in [0.5, 0.6) is 0 Å². The highest BCUT2D eigenvalue weighted by Crippen LogP contribution is 2.28. The monoisotopic (exact) mass is 125 g/mol. The Kier molecular flexibility index (Phi) is 4.54. The molecule has 0 aliphatic rings. The van der Waals surface area contributed by atoms with E-state index in [9.17, 15) is 4.57 Å². The van der Waals surface area contributed by atoms with Crippen molar-refractivity contribution in [2.75, 3.05) is 20.0 Å². The second-order valence-electron chi connectivity index (χ2n) is 1.89. The molecule has 0 aliphatic heterocycles. The minimum Gasteiger partial charge on any atom is -0.577 e. The van der Waals surface area contributed by atoms with Crippen LogP contribution in [-0.2, 0) is 4.57 Å². The van der Waals surface area contributed by atoms with Crippen molar-refractivity contribution in [3.63, 3.8) is 0 Å². The Morgan fingerprint density at radius 1 is 1.17 bits per heavy atom. The van der Waals surface area contributed by atoms with Gasteiger partial charge in [-0.1, -0.05) is 0 Å². The zero-order valence-electron chi connectivity index (χ0n) is 4.43. The van der Waals surface area contributed by atoms with E-state index in [4.69, 9.17) is 0 Å². The van der Waals surface area contributed by atoms with Gasteiger partial charge in [-0.05, 0) is 20.0 Å². The van der Waals surface area contributed by atoms with E-state index in [2.05, 4.69) is 0 Å². The molecule has 0 aliphatic carbocycles. The van der Waals surface area contributed by atoms with Gasteiger partial charge in [-0.15, -0.1) is 0 Å². The van der Waals surface area contributed by atoms with E-state index in [0.717, 1.165) is 0 Å². The SMILES string of the molecule is CP(C)(C)=O.[PH2-]. The van der Waals surface area contributed by atoms with E-state index in [1.54, 1.807) is 20.0 Å². The number of hydrogen-bond acceptors (Lipinski definition) is 1. The van der Waals surface area contributed by atoms with Crippen LogP contribution in [0.15, 0.2) is 0 Å². The highest BCUT2D eigenvalue weighted by Gasteiger charge is 1.89. The summed E-state index contributed by atoms with van der Waals surface area (Å²) in [5.74, 6) is 0. The molecule has 0 rings (SSSR count). The Balaban J connectivity index is 0. The molecule has 0 atom stereocenters. The third-order valence-corrected chi connectivity index (χ3v) is 0. The minimum absolute atomic E-state index is 0. The summed E-state index contributed by atoms with van der Waals surface area (Å²) >= 11 is 0. The van der Waals surface area contributed by atoms with E-state index in [1.165, 1.54) is 0 Å². The fraction of sp³-hybridized carbons (Fsp3) is 1.00. The lowest BCUT2D eigenvalue weighted by Crippen LogP contribution is -1.61. The van der Waals surface area contributed by atoms with Crippen molar-refractivity contribution in [2.24, 2.45) is 0 Å². The number of hydrogen-bond donors (Lipinski definition) is 0. The summed E-state index contributed by atoms with van der Waals surface area (Å²) in [5, 5.41) is 0. The summed E-state index contributed by atoms with van der Waals surface area (Å²) in [5.41, 5.74) is 0. The second-order valence-corrected chi connectivity index (χ2v) is 5.67. The molecule has 0 aromatic rings. The fourth-order valence-electron chi connectivity index (χ4n) is 0. The maximum atomic E-state index is 10.2. The Hall–Kier alpha value is 0.660. The van der Waals surface area contributed by atoms with Crippen LogP contribution in [0.4, 0.5) is 0 Å². The van der Waals surface area contributed by atoms with Crippen LogP contribution in [-0.4, -0.2) is 20.0 Å². The Bertz CT molecular complexity index is 54.9. The van der Waals surface area contributed by atoms with Gasteiger partial charge < -0.3 is 14.5 Å². The molecule has 6 heavy (non-hydrogen) atoms. The molecule has 0 aromatic heterocycles. The fourth-order valence-corrected chi connectivity index (χ4v) is 0. The lowest BCUT2D eigenvalue weighted by molar-refractivity contribution is 0.586. The summed E-state index contributed by atoms with van der Waals surface area (Å²) < 4.78 is 10.2. The van der Waals surface area contributed by atoms with Crippen LogP contribution in [0, 0.1) is 0 Å². The van der Waals surface area contributed by atoms with Gasteiger partial charge in [0.25, 0.3) is 0 Å². The van der Waals surface area contributed by atoms with Gasteiger partial charge in [-0.25, -0.2) is 0 Å². The lowest BCUT2D eigenvalue weighted by Gasteiger charge is -1.86. The largest absolute Gasteiger partial charge is 0.577 e. The molecule has 40 valence electrons. The van der Waals surface area contributed by atoms with E-state index >= 15 is 0 Å². The van der Waals surface area contributed by atoms with Gasteiger partial charge in [0.2, 0.25) is 0 Å². The topological polar surface area (TPSA) is 17.1 Å². The molecule has 1 nitrogen and oxygen atoms in total. The second kappa shape index (κ2) is 2.77. The summed E-state index contributed by atoms with van der Waals surface area (Å²) in [4.78, 5) is 0. The molecule has 0 saturated heterocycles. The predicted molar refractivity (Wildman–Crippen MR) is 35.1 cm³/mol. The highest BCUT2D eigenvalue weighted by atomic mass is 31.2. The molecule has 0 N–H and O–H groups in total. The summed E-state index contributed by atoms with van der Waals surface area (Å²) in [6.07, 6.45) is 0. The zero-order chi connectivity index (χ0) is 4.50. The smallest absolute Gasteiger partial charge is 0.0790 e. The molecule has 0 saturated carbocycles. The third-order valence-electron chi connectivity index (χ3n) is 0. The Labute approximate surface area is 42.5 Å². The normalized spacial score (nSPS) is 9.83. The van der Waals surface area contributed by atoms with Crippen LogP contribution >= 0.6 is 17.0 Å². The highest BCUT2D eigenvalue weighted by molar-refractivity contribution is 7.61. The number of rotatable bonds is 0. The van der Waals surface area contributed by atoms with Crippen molar-refractivity contribution in [1.82, 2.24) is 0 Å². The molecule has 0 aromatic carbocycles. The van der Waals surface area contributed by atoms with Gasteiger partial charge in [-0.3, -0.25) is 0 Å². The molecule has 0 radical (unpaired) electrons. The minimum atomic E-state index is -1.64. The van der Waals surface area contributed by atoms with E-state index in [1.807, 2.05) is 0 Å². The summed E-state index contributed by atoms with van der Waals surface area (Å²) in [7, 11) is -1.64. The molecular weight excluding hydrogens is 114 g/mol. The first-order valence-electron chi connectivity index (χ1n) is 1.52. The van der Waals surface area contributed by atoms with Crippen molar-refractivity contribution < 1.29 is 4.57 Å². The summed E-state index contributed by atoms with van der Waals surface area (Å²) in [6, 6.07) is 0. The first-order chi connectivity index (χ1) is 2.00. The van der Waals surface area contributed by atoms with Crippen LogP contribution in [0.1, 0.15) is 0 Å². The first kappa shape index (κ1) is 9.83. The van der Waals surface area contributed by atoms with Crippen LogP contribution in [0.3, 0.4) is 0 Å². The van der Waals surface area contributed by atoms with Gasteiger partial charge in [0.15, 0.2) is 0 Å². The molecule has 0 bridgehead atoms. The average Bonchev–Trinajstić information content (AvgIpc) is 0.722. The summed E-state index contributed by atoms with van der Waals surface area (Å²) in [6.45, 7) is 5.23. The van der Waals surface area contributed by atoms with Crippen LogP contribution < -0.4 is 0 Å². The van der Waals surface area contributed by atoms with Gasteiger partial charge in [0.1, 0.15) is 0 Å². The van der Waals surface area contributed by atoms with Crippen LogP contribution in [0.25, 0.3) is 0 Å². The molecule has 0 heterocycles. The molecule has 0 fully saturated rings. The van der Waals surface area contributed by atoms with Gasteiger partial charge in [-0.2, -0.15) is 0 Å². The van der Waals surface area contributed by atoms with E-state index in [0.29, 0.717) is 0 Å². The van der Waals surface area contributed by atoms with Crippen molar-refractivity contribution in [2.45, 2.75) is 0 Å². The Morgan fingerprint density at radius 2 is 1.17 bits per heavy atom.